The largest absolute Gasteiger partial charge is 0.423 e. The first-order valence-electron chi connectivity index (χ1n) is 5.39. The van der Waals surface area contributed by atoms with E-state index in [1.54, 1.807) is 30.3 Å². The molecule has 2 aromatic rings. The summed E-state index contributed by atoms with van der Waals surface area (Å²) in [7, 11) is -3.40. The summed E-state index contributed by atoms with van der Waals surface area (Å²) in [5, 5.41) is 0. The van der Waals surface area contributed by atoms with E-state index >= 15 is 0 Å². The topological polar surface area (TPSA) is 73.3 Å². The third-order valence-electron chi connectivity index (χ3n) is 2.33. The average molecular weight is 277 g/mol. The van der Waals surface area contributed by atoms with Crippen LogP contribution in [0.4, 0.5) is 0 Å². The van der Waals surface area contributed by atoms with Gasteiger partial charge in [-0.1, -0.05) is 18.2 Å². The summed E-state index contributed by atoms with van der Waals surface area (Å²) in [6.45, 7) is 0. The Morgan fingerprint density at radius 2 is 1.84 bits per heavy atom. The highest BCUT2D eigenvalue weighted by atomic mass is 32.2. The molecule has 1 heterocycles. The molecule has 19 heavy (non-hydrogen) atoms. The number of benzene rings is 1. The van der Waals surface area contributed by atoms with Gasteiger partial charge in [0.25, 0.3) is 0 Å². The Hall–Kier alpha value is -2.21. The number of esters is 1. The first-order chi connectivity index (χ1) is 8.97. The van der Waals surface area contributed by atoms with Crippen molar-refractivity contribution in [1.82, 2.24) is 4.98 Å². The van der Waals surface area contributed by atoms with E-state index in [9.17, 15) is 13.2 Å². The quantitative estimate of drug-likeness (QED) is 0.630. The number of nitrogens with zero attached hydrogens (tertiary/aromatic N) is 1. The molecule has 0 aliphatic rings. The van der Waals surface area contributed by atoms with Crippen LogP contribution in [-0.2, 0) is 9.84 Å². The van der Waals surface area contributed by atoms with Crippen LogP contribution in [-0.4, -0.2) is 25.6 Å². The van der Waals surface area contributed by atoms with Crippen LogP contribution in [0.25, 0.3) is 0 Å². The summed E-state index contributed by atoms with van der Waals surface area (Å²) in [4.78, 5) is 15.6. The van der Waals surface area contributed by atoms with Gasteiger partial charge in [0, 0.05) is 18.6 Å². The van der Waals surface area contributed by atoms with E-state index in [1.807, 2.05) is 0 Å². The minimum absolute atomic E-state index is 0.0185. The molecule has 0 aliphatic heterocycles. The fraction of sp³-hybridized carbons (Fsp3) is 0.0769. The second-order valence-electron chi connectivity index (χ2n) is 3.88. The van der Waals surface area contributed by atoms with Gasteiger partial charge in [0.2, 0.25) is 0 Å². The summed E-state index contributed by atoms with van der Waals surface area (Å²) in [5.74, 6) is -0.263. The van der Waals surface area contributed by atoms with E-state index in [2.05, 4.69) is 4.98 Å². The number of hydrogen-bond acceptors (Lipinski definition) is 5. The Bertz CT molecular complexity index is 696. The maximum Gasteiger partial charge on any atom is 0.345 e. The van der Waals surface area contributed by atoms with Gasteiger partial charge in [0.05, 0.1) is 10.5 Å². The van der Waals surface area contributed by atoms with Crippen molar-refractivity contribution in [2.24, 2.45) is 0 Å². The Morgan fingerprint density at radius 1 is 1.16 bits per heavy atom. The van der Waals surface area contributed by atoms with Crippen LogP contribution in [0.1, 0.15) is 10.4 Å². The fourth-order valence-electron chi connectivity index (χ4n) is 1.39. The third kappa shape index (κ3) is 3.38. The lowest BCUT2D eigenvalue weighted by Crippen LogP contribution is -2.10. The van der Waals surface area contributed by atoms with Gasteiger partial charge >= 0.3 is 5.97 Å². The number of para-hydroxylation sites is 1. The number of carbonyl (C=O) groups excluding carboxylic acids is 1. The Kier molecular flexibility index (Phi) is 3.62. The van der Waals surface area contributed by atoms with Gasteiger partial charge in [-0.2, -0.15) is 0 Å². The molecule has 1 aromatic heterocycles. The molecule has 0 bridgehead atoms. The molecule has 5 nitrogen and oxygen atoms in total. The highest BCUT2D eigenvalue weighted by Crippen LogP contribution is 2.14. The third-order valence-corrected chi connectivity index (χ3v) is 3.41. The van der Waals surface area contributed by atoms with E-state index in [1.165, 1.54) is 18.5 Å². The lowest BCUT2D eigenvalue weighted by atomic mass is 10.3. The zero-order valence-electron chi connectivity index (χ0n) is 10.1. The molecule has 0 fully saturated rings. The summed E-state index contributed by atoms with van der Waals surface area (Å²) in [6, 6.07) is 9.76. The molecule has 0 saturated heterocycles. The predicted octanol–water partition coefficient (Wildman–Crippen LogP) is 1.70. The smallest absolute Gasteiger partial charge is 0.345 e. The Labute approximate surface area is 110 Å². The molecule has 2 rings (SSSR count). The molecule has 0 aliphatic carbocycles. The summed E-state index contributed by atoms with van der Waals surface area (Å²) in [6.07, 6.45) is 3.50. The van der Waals surface area contributed by atoms with Gasteiger partial charge < -0.3 is 4.74 Å². The van der Waals surface area contributed by atoms with Crippen molar-refractivity contribution in [3.63, 3.8) is 0 Å². The Balaban J connectivity index is 2.25. The predicted molar refractivity (Wildman–Crippen MR) is 68.7 cm³/mol. The number of rotatable bonds is 3. The first-order valence-corrected chi connectivity index (χ1v) is 7.28. The molecular formula is C13H11NO4S. The lowest BCUT2D eigenvalue weighted by molar-refractivity contribution is 0.0734. The first kappa shape index (κ1) is 13.2. The van der Waals surface area contributed by atoms with Gasteiger partial charge in [0.15, 0.2) is 9.84 Å². The van der Waals surface area contributed by atoms with Crippen LogP contribution in [0.2, 0.25) is 0 Å². The molecule has 0 atom stereocenters. The van der Waals surface area contributed by atoms with Crippen LogP contribution >= 0.6 is 0 Å². The molecule has 0 amide bonds. The van der Waals surface area contributed by atoms with Crippen molar-refractivity contribution in [3.8, 4) is 5.75 Å². The SMILES string of the molecule is CS(=O)(=O)c1cncc(C(=O)Oc2ccccc2)c1. The van der Waals surface area contributed by atoms with E-state index < -0.39 is 15.8 Å². The van der Waals surface area contributed by atoms with E-state index in [0.29, 0.717) is 5.75 Å². The van der Waals surface area contributed by atoms with Crippen LogP contribution in [0.15, 0.2) is 53.7 Å². The minimum Gasteiger partial charge on any atom is -0.423 e. The normalized spacial score (nSPS) is 11.0. The molecule has 6 heteroatoms. The number of sulfone groups is 1. The average Bonchev–Trinajstić information content (AvgIpc) is 2.39. The number of carbonyl (C=O) groups is 1. The number of ether oxygens (including phenoxy) is 1. The summed E-state index contributed by atoms with van der Waals surface area (Å²) in [5.41, 5.74) is 0.0896. The van der Waals surface area contributed by atoms with Gasteiger partial charge in [-0.25, -0.2) is 13.2 Å². The Morgan fingerprint density at radius 3 is 2.47 bits per heavy atom. The van der Waals surface area contributed by atoms with Gasteiger partial charge in [-0.05, 0) is 18.2 Å². The molecular weight excluding hydrogens is 266 g/mol. The highest BCUT2D eigenvalue weighted by Gasteiger charge is 2.14. The minimum atomic E-state index is -3.40. The van der Waals surface area contributed by atoms with Crippen molar-refractivity contribution in [3.05, 3.63) is 54.4 Å². The van der Waals surface area contributed by atoms with Crippen molar-refractivity contribution in [2.45, 2.75) is 4.90 Å². The molecule has 0 unspecified atom stereocenters. The van der Waals surface area contributed by atoms with Gasteiger partial charge in [-0.15, -0.1) is 0 Å². The number of aromatic nitrogens is 1. The highest BCUT2D eigenvalue weighted by molar-refractivity contribution is 7.90. The zero-order chi connectivity index (χ0) is 13.9. The second kappa shape index (κ2) is 5.19. The molecule has 98 valence electrons. The van der Waals surface area contributed by atoms with Crippen LogP contribution in [0, 0.1) is 0 Å². The number of pyridine rings is 1. The van der Waals surface area contributed by atoms with E-state index in [4.69, 9.17) is 4.74 Å². The maximum absolute atomic E-state index is 11.8. The van der Waals surface area contributed by atoms with Crippen LogP contribution < -0.4 is 4.74 Å². The van der Waals surface area contributed by atoms with Crippen molar-refractivity contribution in [2.75, 3.05) is 6.26 Å². The number of hydrogen-bond donors (Lipinski definition) is 0. The van der Waals surface area contributed by atoms with E-state index in [0.717, 1.165) is 6.26 Å². The molecule has 0 spiro atoms. The van der Waals surface area contributed by atoms with Gasteiger partial charge in [-0.3, -0.25) is 4.98 Å². The van der Waals surface area contributed by atoms with Crippen molar-refractivity contribution >= 4 is 15.8 Å². The van der Waals surface area contributed by atoms with Crippen LogP contribution in [0.3, 0.4) is 0 Å². The standard InChI is InChI=1S/C13H11NO4S/c1-19(16,17)12-7-10(8-14-9-12)13(15)18-11-5-3-2-4-6-11/h2-9H,1H3. The lowest BCUT2D eigenvalue weighted by Gasteiger charge is -2.04. The molecule has 0 saturated carbocycles. The zero-order valence-corrected chi connectivity index (χ0v) is 10.9. The maximum atomic E-state index is 11.8. The summed E-state index contributed by atoms with van der Waals surface area (Å²) >= 11 is 0. The molecule has 0 radical (unpaired) electrons. The van der Waals surface area contributed by atoms with Crippen molar-refractivity contribution < 1.29 is 17.9 Å². The molecule has 0 N–H and O–H groups in total. The van der Waals surface area contributed by atoms with E-state index in [-0.39, 0.29) is 10.5 Å². The second-order valence-corrected chi connectivity index (χ2v) is 5.90. The monoisotopic (exact) mass is 277 g/mol. The summed E-state index contributed by atoms with van der Waals surface area (Å²) < 4.78 is 27.8. The van der Waals surface area contributed by atoms with Crippen LogP contribution in [0.5, 0.6) is 5.75 Å². The van der Waals surface area contributed by atoms with Crippen molar-refractivity contribution in [1.29, 1.82) is 0 Å². The molecule has 1 aromatic carbocycles. The van der Waals surface area contributed by atoms with Gasteiger partial charge in [0.1, 0.15) is 5.75 Å². The fourth-order valence-corrected chi connectivity index (χ4v) is 1.98.